The fourth-order valence-corrected chi connectivity index (χ4v) is 13.2. The lowest BCUT2D eigenvalue weighted by Gasteiger charge is -2.26. The van der Waals surface area contributed by atoms with Crippen molar-refractivity contribution in [3.05, 3.63) is 296 Å². The molecule has 0 amide bonds. The number of hydrogen-bond acceptors (Lipinski definition) is 2. The van der Waals surface area contributed by atoms with Gasteiger partial charge < -0.3 is 18.5 Å². The molecule has 1 aliphatic carbocycles. The van der Waals surface area contributed by atoms with Gasteiger partial charge in [-0.1, -0.05) is 200 Å². The minimum atomic E-state index is 0.905. The smallest absolute Gasteiger partial charge is 0.143 e. The number of para-hydroxylation sites is 4. The minimum Gasteiger partial charge on any atom is -0.455 e. The van der Waals surface area contributed by atoms with Crippen molar-refractivity contribution in [2.75, 3.05) is 4.90 Å². The standard InChI is InChI=1S/C78H55N3O/c1-3-17-52(18-4-1)56-19-13-20-57(49-56)53-35-41-62(42-36-53)79(63-43-37-54(38-44-63)58-21-14-23-60(50-58)66-30-16-31-72-69-29-9-12-34-75(69)82-78(66)72)64-45-39-55(40-46-64)59-22-15-26-65(51-59)81-74-33-11-8-28-68(74)71-48-47-70-67-27-7-10-32-73(67)80(76(70)77(71)81)61-24-5-2-6-25-61/h1-7,9-10,12-27,29-32,34-51H,8,11,28,33H2. The third-order valence-electron chi connectivity index (χ3n) is 17.1. The Morgan fingerprint density at radius 2 is 0.780 bits per heavy atom. The minimum absolute atomic E-state index is 0.905. The van der Waals surface area contributed by atoms with Gasteiger partial charge in [0.15, 0.2) is 0 Å². The first-order chi connectivity index (χ1) is 40.7. The lowest BCUT2D eigenvalue weighted by Crippen LogP contribution is -2.09. The predicted octanol–water partition coefficient (Wildman–Crippen LogP) is 21.3. The molecule has 0 N–H and O–H groups in total. The zero-order valence-corrected chi connectivity index (χ0v) is 45.2. The van der Waals surface area contributed by atoms with Gasteiger partial charge in [0, 0.05) is 66.6 Å². The number of rotatable bonds is 10. The van der Waals surface area contributed by atoms with E-state index in [1.54, 1.807) is 0 Å². The Balaban J connectivity index is 0.779. The first-order valence-corrected chi connectivity index (χ1v) is 28.7. The maximum absolute atomic E-state index is 6.48. The Morgan fingerprint density at radius 3 is 1.46 bits per heavy atom. The van der Waals surface area contributed by atoms with Gasteiger partial charge in [0.1, 0.15) is 11.2 Å². The van der Waals surface area contributed by atoms with E-state index in [-0.39, 0.29) is 0 Å². The summed E-state index contributed by atoms with van der Waals surface area (Å²) in [4.78, 5) is 2.38. The number of benzene rings is 12. The quantitative estimate of drug-likeness (QED) is 0.136. The Kier molecular flexibility index (Phi) is 11.4. The molecule has 0 fully saturated rings. The molecule has 0 unspecified atom stereocenters. The van der Waals surface area contributed by atoms with E-state index in [2.05, 4.69) is 287 Å². The van der Waals surface area contributed by atoms with Gasteiger partial charge in [-0.25, -0.2) is 0 Å². The van der Waals surface area contributed by atoms with Crippen LogP contribution in [0.1, 0.15) is 24.1 Å². The Bertz CT molecular complexity index is 4890. The molecule has 0 spiro atoms. The van der Waals surface area contributed by atoms with Crippen molar-refractivity contribution in [1.82, 2.24) is 9.13 Å². The first kappa shape index (κ1) is 47.6. The SMILES string of the molecule is c1ccc(-c2cccc(-c3ccc(N(c4ccc(-c5cccc(-c6cccc7c6oc6ccccc67)c5)cc4)c4ccc(-c5cccc(-n6c7c(c8ccc9c%10ccccc%10n(-c%10ccccc%10)c9c86)CCCC7)c5)cc4)cc3)c2)cc1. The maximum Gasteiger partial charge on any atom is 0.143 e. The van der Waals surface area contributed by atoms with E-state index in [0.29, 0.717) is 0 Å². The summed E-state index contributed by atoms with van der Waals surface area (Å²) in [7, 11) is 0. The zero-order chi connectivity index (χ0) is 54.1. The normalized spacial score (nSPS) is 12.4. The third kappa shape index (κ3) is 8.05. The Labute approximate surface area is 476 Å². The molecule has 0 bridgehead atoms. The molecule has 82 heavy (non-hydrogen) atoms. The van der Waals surface area contributed by atoms with Gasteiger partial charge in [0.2, 0.25) is 0 Å². The molecule has 0 atom stereocenters. The summed E-state index contributed by atoms with van der Waals surface area (Å²) in [5.41, 5.74) is 25.8. The molecular formula is C78H55N3O. The molecule has 0 saturated heterocycles. The van der Waals surface area contributed by atoms with Gasteiger partial charge in [-0.15, -0.1) is 0 Å². The number of aromatic nitrogens is 2. The average Bonchev–Trinajstić information content (AvgIpc) is 3.42. The summed E-state index contributed by atoms with van der Waals surface area (Å²) in [6.07, 6.45) is 4.55. The fraction of sp³-hybridized carbons (Fsp3) is 0.0513. The number of furan rings is 1. The lowest BCUT2D eigenvalue weighted by molar-refractivity contribution is 0.667. The van der Waals surface area contributed by atoms with Crippen molar-refractivity contribution < 1.29 is 4.42 Å². The molecule has 3 heterocycles. The van der Waals surface area contributed by atoms with Crippen LogP contribution in [0, 0.1) is 0 Å². The van der Waals surface area contributed by atoms with Crippen LogP contribution in [0.25, 0.3) is 122 Å². The highest BCUT2D eigenvalue weighted by molar-refractivity contribution is 6.19. The van der Waals surface area contributed by atoms with Crippen LogP contribution in [0.2, 0.25) is 0 Å². The van der Waals surface area contributed by atoms with Crippen molar-refractivity contribution in [3.8, 4) is 67.0 Å². The number of anilines is 3. The van der Waals surface area contributed by atoms with Crippen LogP contribution in [0.3, 0.4) is 0 Å². The van der Waals surface area contributed by atoms with Crippen molar-refractivity contribution in [3.63, 3.8) is 0 Å². The summed E-state index contributed by atoms with van der Waals surface area (Å²) in [5.74, 6) is 0. The number of hydrogen-bond donors (Lipinski definition) is 0. The van der Waals surface area contributed by atoms with E-state index in [0.717, 1.165) is 74.1 Å². The molecule has 1 aliphatic rings. The summed E-state index contributed by atoms with van der Waals surface area (Å²) in [6.45, 7) is 0. The van der Waals surface area contributed by atoms with Crippen LogP contribution >= 0.6 is 0 Å². The van der Waals surface area contributed by atoms with E-state index in [1.807, 2.05) is 12.1 Å². The van der Waals surface area contributed by atoms with Gasteiger partial charge in [0.25, 0.3) is 0 Å². The van der Waals surface area contributed by atoms with E-state index >= 15 is 0 Å². The number of aryl methyl sites for hydroxylation is 1. The zero-order valence-electron chi connectivity index (χ0n) is 45.2. The molecular weight excluding hydrogens is 995 g/mol. The molecule has 12 aromatic carbocycles. The second kappa shape index (κ2) is 19.7. The van der Waals surface area contributed by atoms with Crippen molar-refractivity contribution in [2.24, 2.45) is 0 Å². The monoisotopic (exact) mass is 1050 g/mol. The molecule has 4 nitrogen and oxygen atoms in total. The Morgan fingerprint density at radius 1 is 0.305 bits per heavy atom. The van der Waals surface area contributed by atoms with Crippen LogP contribution in [-0.4, -0.2) is 9.13 Å². The third-order valence-corrected chi connectivity index (χ3v) is 17.1. The van der Waals surface area contributed by atoms with Gasteiger partial charge in [-0.05, 0) is 166 Å². The molecule has 0 radical (unpaired) electrons. The largest absolute Gasteiger partial charge is 0.455 e. The highest BCUT2D eigenvalue weighted by atomic mass is 16.3. The highest BCUT2D eigenvalue weighted by Crippen LogP contribution is 2.45. The van der Waals surface area contributed by atoms with E-state index in [9.17, 15) is 0 Å². The van der Waals surface area contributed by atoms with Gasteiger partial charge in [0.05, 0.1) is 16.6 Å². The molecule has 4 heteroatoms. The molecule has 388 valence electrons. The van der Waals surface area contributed by atoms with E-state index < -0.39 is 0 Å². The van der Waals surface area contributed by atoms with Gasteiger partial charge in [-0.2, -0.15) is 0 Å². The molecule has 16 rings (SSSR count). The highest BCUT2D eigenvalue weighted by Gasteiger charge is 2.26. The summed E-state index contributed by atoms with van der Waals surface area (Å²) >= 11 is 0. The fourth-order valence-electron chi connectivity index (χ4n) is 13.2. The summed E-state index contributed by atoms with van der Waals surface area (Å²) in [6, 6.07) is 104. The molecule has 0 aliphatic heterocycles. The van der Waals surface area contributed by atoms with E-state index in [1.165, 1.54) is 102 Å². The van der Waals surface area contributed by atoms with Crippen molar-refractivity contribution >= 4 is 71.7 Å². The van der Waals surface area contributed by atoms with Gasteiger partial charge in [-0.3, -0.25) is 0 Å². The topological polar surface area (TPSA) is 26.2 Å². The van der Waals surface area contributed by atoms with Crippen molar-refractivity contribution in [2.45, 2.75) is 25.7 Å². The predicted molar refractivity (Wildman–Crippen MR) is 343 cm³/mol. The number of fused-ring (bicyclic) bond motifs is 10. The van der Waals surface area contributed by atoms with Crippen LogP contribution in [0.4, 0.5) is 17.1 Å². The molecule has 3 aromatic heterocycles. The second-order valence-electron chi connectivity index (χ2n) is 21.8. The lowest BCUT2D eigenvalue weighted by atomic mass is 9.95. The Hall–Kier alpha value is -10.4. The maximum atomic E-state index is 6.48. The van der Waals surface area contributed by atoms with Crippen LogP contribution in [-0.2, 0) is 12.8 Å². The summed E-state index contributed by atoms with van der Waals surface area (Å²) < 4.78 is 11.6. The van der Waals surface area contributed by atoms with Crippen molar-refractivity contribution in [1.29, 1.82) is 0 Å². The summed E-state index contributed by atoms with van der Waals surface area (Å²) in [5, 5.41) is 6.19. The molecule has 15 aromatic rings. The average molecular weight is 1050 g/mol. The van der Waals surface area contributed by atoms with Crippen LogP contribution in [0.5, 0.6) is 0 Å². The van der Waals surface area contributed by atoms with Crippen LogP contribution in [0.15, 0.2) is 290 Å². The van der Waals surface area contributed by atoms with E-state index in [4.69, 9.17) is 4.42 Å². The molecule has 0 saturated carbocycles. The number of nitrogens with zero attached hydrogens (tertiary/aromatic N) is 3. The second-order valence-corrected chi connectivity index (χ2v) is 21.8. The van der Waals surface area contributed by atoms with Crippen LogP contribution < -0.4 is 4.90 Å². The van der Waals surface area contributed by atoms with Gasteiger partial charge >= 0.3 is 0 Å². The first-order valence-electron chi connectivity index (χ1n) is 28.7.